The molecule has 0 fully saturated rings. The summed E-state index contributed by atoms with van der Waals surface area (Å²) in [5, 5.41) is 9.27. The summed E-state index contributed by atoms with van der Waals surface area (Å²) in [6, 6.07) is 8.07. The normalized spacial score (nSPS) is 14.9. The van der Waals surface area contributed by atoms with E-state index in [2.05, 4.69) is 20.8 Å². The molecule has 0 spiro atoms. The fourth-order valence-corrected chi connectivity index (χ4v) is 2.41. The average Bonchev–Trinajstić information content (AvgIpc) is 2.25. The predicted octanol–water partition coefficient (Wildman–Crippen LogP) is 2.15. The van der Waals surface area contributed by atoms with Crippen molar-refractivity contribution in [1.29, 1.82) is 0 Å². The van der Waals surface area contributed by atoms with Gasteiger partial charge in [-0.15, -0.1) is 0 Å². The molecule has 2 unspecified atom stereocenters. The molecule has 1 aromatic carbocycles. The van der Waals surface area contributed by atoms with E-state index in [0.717, 1.165) is 23.0 Å². The highest BCUT2D eigenvalue weighted by atomic mass is 79.9. The van der Waals surface area contributed by atoms with Gasteiger partial charge in [0.05, 0.1) is 6.10 Å². The molecule has 0 bridgehead atoms. The maximum Gasteiger partial charge on any atom is 0.0638 e. The Kier molecular flexibility index (Phi) is 6.12. The van der Waals surface area contributed by atoms with E-state index in [9.17, 15) is 5.11 Å². The second-order valence-electron chi connectivity index (χ2n) is 4.53. The Hall–Kier alpha value is -0.420. The van der Waals surface area contributed by atoms with Crippen LogP contribution in [0.25, 0.3) is 0 Å². The number of hydrogen-bond acceptors (Lipinski definition) is 3. The van der Waals surface area contributed by atoms with Gasteiger partial charge in [0, 0.05) is 17.1 Å². The molecule has 0 aliphatic carbocycles. The summed E-state index contributed by atoms with van der Waals surface area (Å²) in [6.07, 6.45) is 0.589. The van der Waals surface area contributed by atoms with E-state index in [-0.39, 0.29) is 12.1 Å². The van der Waals surface area contributed by atoms with Gasteiger partial charge in [0.25, 0.3) is 0 Å². The number of nitrogens with two attached hydrogens (primary N) is 1. The summed E-state index contributed by atoms with van der Waals surface area (Å²) < 4.78 is 1.06. The maximum absolute atomic E-state index is 9.27. The van der Waals surface area contributed by atoms with Crippen molar-refractivity contribution in [2.24, 2.45) is 5.73 Å². The first kappa shape index (κ1) is 14.6. The maximum atomic E-state index is 9.27. The summed E-state index contributed by atoms with van der Waals surface area (Å²) in [6.45, 7) is 3.36. The molecule has 3 N–H and O–H groups in total. The van der Waals surface area contributed by atoms with Gasteiger partial charge in [0.2, 0.25) is 0 Å². The van der Waals surface area contributed by atoms with Gasteiger partial charge in [0.1, 0.15) is 0 Å². The van der Waals surface area contributed by atoms with E-state index in [0.29, 0.717) is 6.54 Å². The summed E-state index contributed by atoms with van der Waals surface area (Å²) in [4.78, 5) is 2.10. The molecule has 0 saturated heterocycles. The lowest BCUT2D eigenvalue weighted by Gasteiger charge is -2.21. The van der Waals surface area contributed by atoms with Gasteiger partial charge in [-0.05, 0) is 38.6 Å². The Labute approximate surface area is 112 Å². The van der Waals surface area contributed by atoms with Gasteiger partial charge in [0.15, 0.2) is 0 Å². The number of nitrogens with zero attached hydrogens (tertiary/aromatic N) is 1. The van der Waals surface area contributed by atoms with Crippen molar-refractivity contribution in [2.45, 2.75) is 25.5 Å². The van der Waals surface area contributed by atoms with E-state index >= 15 is 0 Å². The summed E-state index contributed by atoms with van der Waals surface area (Å²) in [7, 11) is 2.00. The third-order valence-electron chi connectivity index (χ3n) is 2.70. The zero-order chi connectivity index (χ0) is 12.8. The first-order valence-corrected chi connectivity index (χ1v) is 6.66. The third-order valence-corrected chi connectivity index (χ3v) is 3.42. The summed E-state index contributed by atoms with van der Waals surface area (Å²) in [5.41, 5.74) is 7.29. The van der Waals surface area contributed by atoms with Crippen LogP contribution in [0, 0.1) is 0 Å². The number of aliphatic hydroxyl groups excluding tert-OH is 1. The van der Waals surface area contributed by atoms with Crippen LogP contribution < -0.4 is 5.73 Å². The Bertz CT molecular complexity index is 344. The molecule has 0 amide bonds. The van der Waals surface area contributed by atoms with Crippen LogP contribution in [0.4, 0.5) is 0 Å². The molecule has 1 aromatic rings. The van der Waals surface area contributed by atoms with Crippen molar-refractivity contribution < 1.29 is 5.11 Å². The third kappa shape index (κ3) is 5.17. The molecule has 17 heavy (non-hydrogen) atoms. The van der Waals surface area contributed by atoms with E-state index < -0.39 is 0 Å². The molecule has 0 radical (unpaired) electrons. The molecule has 0 aliphatic heterocycles. The second-order valence-corrected chi connectivity index (χ2v) is 5.38. The van der Waals surface area contributed by atoms with E-state index in [1.807, 2.05) is 31.3 Å². The topological polar surface area (TPSA) is 49.5 Å². The van der Waals surface area contributed by atoms with Crippen LogP contribution in [0.2, 0.25) is 0 Å². The number of hydrogen-bond donors (Lipinski definition) is 2. The van der Waals surface area contributed by atoms with Gasteiger partial charge < -0.3 is 15.7 Å². The van der Waals surface area contributed by atoms with E-state index in [4.69, 9.17) is 5.73 Å². The Balaban J connectivity index is 2.45. The molecule has 0 saturated carbocycles. The lowest BCUT2D eigenvalue weighted by Crippen LogP contribution is -2.30. The van der Waals surface area contributed by atoms with Gasteiger partial charge in [-0.25, -0.2) is 0 Å². The minimum absolute atomic E-state index is 0.0297. The van der Waals surface area contributed by atoms with Crippen LogP contribution in [0.5, 0.6) is 0 Å². The predicted molar refractivity (Wildman–Crippen MR) is 74.9 cm³/mol. The molecule has 4 heteroatoms. The number of benzene rings is 1. The highest BCUT2D eigenvalue weighted by Crippen LogP contribution is 2.23. The van der Waals surface area contributed by atoms with Crippen molar-refractivity contribution in [3.8, 4) is 0 Å². The lowest BCUT2D eigenvalue weighted by molar-refractivity contribution is 0.139. The van der Waals surface area contributed by atoms with Crippen LogP contribution in [0.3, 0.4) is 0 Å². The first-order chi connectivity index (χ1) is 8.00. The molecule has 1 rings (SSSR count). The first-order valence-electron chi connectivity index (χ1n) is 5.87. The van der Waals surface area contributed by atoms with Crippen molar-refractivity contribution in [2.75, 3.05) is 20.1 Å². The number of aliphatic hydroxyl groups is 1. The van der Waals surface area contributed by atoms with Crippen LogP contribution in [-0.4, -0.2) is 36.2 Å². The smallest absolute Gasteiger partial charge is 0.0638 e. The quantitative estimate of drug-likeness (QED) is 0.846. The van der Waals surface area contributed by atoms with Gasteiger partial charge in [-0.1, -0.05) is 34.1 Å². The van der Waals surface area contributed by atoms with E-state index in [1.54, 1.807) is 6.92 Å². The second kappa shape index (κ2) is 7.11. The zero-order valence-electron chi connectivity index (χ0n) is 10.4. The molecular weight excluding hydrogens is 280 g/mol. The SMILES string of the molecule is CC(O)CN(C)CCC(N)c1ccccc1Br. The minimum Gasteiger partial charge on any atom is -0.392 e. The number of halogens is 1. The molecule has 2 atom stereocenters. The van der Waals surface area contributed by atoms with Crippen molar-refractivity contribution in [3.05, 3.63) is 34.3 Å². The van der Waals surface area contributed by atoms with E-state index in [1.165, 1.54) is 0 Å². The van der Waals surface area contributed by atoms with Crippen LogP contribution in [0.1, 0.15) is 24.9 Å². The highest BCUT2D eigenvalue weighted by molar-refractivity contribution is 9.10. The molecule has 96 valence electrons. The van der Waals surface area contributed by atoms with Gasteiger partial charge >= 0.3 is 0 Å². The molecule has 0 aliphatic rings. The Morgan fingerprint density at radius 1 is 1.41 bits per heavy atom. The monoisotopic (exact) mass is 300 g/mol. The van der Waals surface area contributed by atoms with Crippen LogP contribution >= 0.6 is 15.9 Å². The Morgan fingerprint density at radius 2 is 2.06 bits per heavy atom. The van der Waals surface area contributed by atoms with Gasteiger partial charge in [-0.3, -0.25) is 0 Å². The zero-order valence-corrected chi connectivity index (χ0v) is 12.0. The lowest BCUT2D eigenvalue weighted by atomic mass is 10.0. The standard InChI is InChI=1S/C13H21BrN2O/c1-10(17)9-16(2)8-7-13(15)11-5-3-4-6-12(11)14/h3-6,10,13,17H,7-9,15H2,1-2H3. The van der Waals surface area contributed by atoms with Crippen molar-refractivity contribution in [1.82, 2.24) is 4.90 Å². The van der Waals surface area contributed by atoms with Crippen LogP contribution in [0.15, 0.2) is 28.7 Å². The summed E-state index contributed by atoms with van der Waals surface area (Å²) >= 11 is 3.51. The fourth-order valence-electron chi connectivity index (χ4n) is 1.83. The molecule has 0 heterocycles. The fraction of sp³-hybridized carbons (Fsp3) is 0.538. The number of rotatable bonds is 6. The average molecular weight is 301 g/mol. The van der Waals surface area contributed by atoms with Crippen LogP contribution in [-0.2, 0) is 0 Å². The van der Waals surface area contributed by atoms with Crippen molar-refractivity contribution >= 4 is 15.9 Å². The Morgan fingerprint density at radius 3 is 2.65 bits per heavy atom. The summed E-state index contributed by atoms with van der Waals surface area (Å²) in [5.74, 6) is 0. The number of likely N-dealkylation sites (N-methyl/N-ethyl adjacent to an activating group) is 1. The van der Waals surface area contributed by atoms with Gasteiger partial charge in [-0.2, -0.15) is 0 Å². The largest absolute Gasteiger partial charge is 0.392 e. The molecular formula is C13H21BrN2O. The highest BCUT2D eigenvalue weighted by Gasteiger charge is 2.11. The minimum atomic E-state index is -0.292. The van der Waals surface area contributed by atoms with Crippen molar-refractivity contribution in [3.63, 3.8) is 0 Å². The molecule has 0 aromatic heterocycles. The molecule has 3 nitrogen and oxygen atoms in total.